The van der Waals surface area contributed by atoms with E-state index >= 15 is 0 Å². The average Bonchev–Trinajstić information content (AvgIpc) is 3.28. The van der Waals surface area contributed by atoms with Crippen LogP contribution in [0, 0.1) is 6.92 Å². The van der Waals surface area contributed by atoms with E-state index in [1.807, 2.05) is 23.8 Å². The normalized spacial score (nSPS) is 14.3. The molecule has 0 aliphatic heterocycles. The summed E-state index contributed by atoms with van der Waals surface area (Å²) in [6.45, 7) is 8.79. The minimum absolute atomic E-state index is 0.148. The van der Waals surface area contributed by atoms with Crippen molar-refractivity contribution in [2.24, 2.45) is 0 Å². The summed E-state index contributed by atoms with van der Waals surface area (Å²) in [7, 11) is 0. The molecule has 2 aromatic heterocycles. The van der Waals surface area contributed by atoms with Crippen LogP contribution < -0.4 is 0 Å². The molecule has 2 heterocycles. The smallest absolute Gasteiger partial charge is 0.331 e. The van der Waals surface area contributed by atoms with E-state index in [2.05, 4.69) is 22.7 Å². The van der Waals surface area contributed by atoms with Crippen molar-refractivity contribution in [2.75, 3.05) is 0 Å². The van der Waals surface area contributed by atoms with E-state index in [1.54, 1.807) is 13.1 Å². The SMILES string of the molecule is C=C1CCCc2c1cc(Cn1ccnc1C)cc2-c1cn(CC)nc1C(F)(F)F. The van der Waals surface area contributed by atoms with Crippen LogP contribution in [0.3, 0.4) is 0 Å². The Balaban J connectivity index is 1.92. The highest BCUT2D eigenvalue weighted by atomic mass is 19.4. The minimum atomic E-state index is -4.51. The highest BCUT2D eigenvalue weighted by molar-refractivity contribution is 5.80. The van der Waals surface area contributed by atoms with Gasteiger partial charge in [-0.3, -0.25) is 4.68 Å². The summed E-state index contributed by atoms with van der Waals surface area (Å²) in [6, 6.07) is 3.94. The highest BCUT2D eigenvalue weighted by Crippen LogP contribution is 2.42. The van der Waals surface area contributed by atoms with Crippen molar-refractivity contribution >= 4 is 5.57 Å². The molecule has 1 aromatic carbocycles. The van der Waals surface area contributed by atoms with Crippen molar-refractivity contribution < 1.29 is 13.2 Å². The molecule has 0 fully saturated rings. The van der Waals surface area contributed by atoms with Gasteiger partial charge < -0.3 is 4.57 Å². The Morgan fingerprint density at radius 1 is 1.14 bits per heavy atom. The Kier molecular flexibility index (Phi) is 4.84. The summed E-state index contributed by atoms with van der Waals surface area (Å²) in [5.41, 5.74) is 3.76. The number of alkyl halides is 3. The third-order valence-electron chi connectivity index (χ3n) is 5.52. The molecule has 0 saturated heterocycles. The predicted molar refractivity (Wildman–Crippen MR) is 106 cm³/mol. The van der Waals surface area contributed by atoms with Crippen LogP contribution in [0.5, 0.6) is 0 Å². The van der Waals surface area contributed by atoms with Gasteiger partial charge >= 0.3 is 6.18 Å². The molecule has 3 aromatic rings. The quantitative estimate of drug-likeness (QED) is 0.580. The first-order valence-electron chi connectivity index (χ1n) is 9.74. The molecule has 0 bridgehead atoms. The van der Waals surface area contributed by atoms with Crippen molar-refractivity contribution in [3.8, 4) is 11.1 Å². The fourth-order valence-electron chi connectivity index (χ4n) is 4.02. The number of halogens is 3. The highest BCUT2D eigenvalue weighted by Gasteiger charge is 2.38. The lowest BCUT2D eigenvalue weighted by atomic mass is 9.82. The van der Waals surface area contributed by atoms with Crippen LogP contribution in [0.15, 0.2) is 37.3 Å². The maximum Gasteiger partial charge on any atom is 0.435 e. The molecule has 29 heavy (non-hydrogen) atoms. The second kappa shape index (κ2) is 7.21. The summed E-state index contributed by atoms with van der Waals surface area (Å²) in [5.74, 6) is 0.859. The Morgan fingerprint density at radius 2 is 1.90 bits per heavy atom. The molecule has 4 nitrogen and oxygen atoms in total. The largest absolute Gasteiger partial charge is 0.435 e. The molecule has 1 aliphatic rings. The lowest BCUT2D eigenvalue weighted by Crippen LogP contribution is -2.11. The first-order valence-corrected chi connectivity index (χ1v) is 9.74. The summed E-state index contributed by atoms with van der Waals surface area (Å²) in [6.07, 6.45) is 3.10. The number of fused-ring (bicyclic) bond motifs is 1. The minimum Gasteiger partial charge on any atom is -0.331 e. The number of hydrogen-bond donors (Lipinski definition) is 0. The zero-order valence-electron chi connectivity index (χ0n) is 16.6. The third-order valence-corrected chi connectivity index (χ3v) is 5.52. The molecule has 4 rings (SSSR count). The van der Waals surface area contributed by atoms with Crippen molar-refractivity contribution in [2.45, 2.75) is 52.4 Å². The van der Waals surface area contributed by atoms with Crippen LogP contribution in [-0.4, -0.2) is 19.3 Å². The summed E-state index contributed by atoms with van der Waals surface area (Å²) < 4.78 is 44.6. The maximum atomic E-state index is 13.7. The van der Waals surface area contributed by atoms with Crippen molar-refractivity contribution in [1.82, 2.24) is 19.3 Å². The Bertz CT molecular complexity index is 1070. The lowest BCUT2D eigenvalue weighted by Gasteiger charge is -2.23. The number of aryl methyl sites for hydroxylation is 2. The van der Waals surface area contributed by atoms with Gasteiger partial charge in [-0.1, -0.05) is 6.58 Å². The van der Waals surface area contributed by atoms with Gasteiger partial charge in [-0.2, -0.15) is 18.3 Å². The Morgan fingerprint density at radius 3 is 2.55 bits per heavy atom. The first kappa shape index (κ1) is 19.5. The Labute approximate surface area is 167 Å². The number of hydrogen-bond acceptors (Lipinski definition) is 2. The van der Waals surface area contributed by atoms with Crippen LogP contribution in [0.1, 0.15) is 48.0 Å². The van der Waals surface area contributed by atoms with Gasteiger partial charge in [-0.15, -0.1) is 0 Å². The van der Waals surface area contributed by atoms with Crippen LogP contribution in [0.4, 0.5) is 13.2 Å². The number of imidazole rings is 1. The topological polar surface area (TPSA) is 35.6 Å². The maximum absolute atomic E-state index is 13.7. The van der Waals surface area contributed by atoms with Crippen LogP contribution in [-0.2, 0) is 25.7 Å². The zero-order chi connectivity index (χ0) is 20.8. The molecule has 7 heteroatoms. The van der Waals surface area contributed by atoms with E-state index in [9.17, 15) is 13.2 Å². The Hall–Kier alpha value is -2.83. The lowest BCUT2D eigenvalue weighted by molar-refractivity contribution is -0.141. The number of aromatic nitrogens is 4. The number of allylic oxidation sites excluding steroid dienone is 1. The zero-order valence-corrected chi connectivity index (χ0v) is 16.6. The van der Waals surface area contributed by atoms with E-state index in [0.29, 0.717) is 18.7 Å². The number of rotatable bonds is 4. The van der Waals surface area contributed by atoms with Gasteiger partial charge in [0.25, 0.3) is 0 Å². The van der Waals surface area contributed by atoms with Crippen molar-refractivity contribution in [3.63, 3.8) is 0 Å². The fraction of sp³-hybridized carbons (Fsp3) is 0.364. The second-order valence-corrected chi connectivity index (χ2v) is 7.47. The van der Waals surface area contributed by atoms with E-state index in [-0.39, 0.29) is 5.56 Å². The van der Waals surface area contributed by atoms with E-state index in [1.165, 1.54) is 10.9 Å². The van der Waals surface area contributed by atoms with Gasteiger partial charge in [0.15, 0.2) is 5.69 Å². The van der Waals surface area contributed by atoms with Crippen LogP contribution >= 0.6 is 0 Å². The van der Waals surface area contributed by atoms with Crippen molar-refractivity contribution in [1.29, 1.82) is 0 Å². The summed E-state index contributed by atoms with van der Waals surface area (Å²) in [4.78, 5) is 4.24. The third kappa shape index (κ3) is 3.61. The van der Waals surface area contributed by atoms with Gasteiger partial charge in [0.2, 0.25) is 0 Å². The van der Waals surface area contributed by atoms with E-state index in [4.69, 9.17) is 0 Å². The van der Waals surface area contributed by atoms with E-state index in [0.717, 1.165) is 47.4 Å². The molecule has 0 radical (unpaired) electrons. The fourth-order valence-corrected chi connectivity index (χ4v) is 4.02. The average molecular weight is 400 g/mol. The molecule has 0 atom stereocenters. The van der Waals surface area contributed by atoms with Gasteiger partial charge in [-0.25, -0.2) is 4.98 Å². The van der Waals surface area contributed by atoms with Crippen LogP contribution in [0.2, 0.25) is 0 Å². The molecule has 0 N–H and O–H groups in total. The molecule has 0 saturated carbocycles. The monoisotopic (exact) mass is 400 g/mol. The summed E-state index contributed by atoms with van der Waals surface area (Å²) >= 11 is 0. The molecule has 1 aliphatic carbocycles. The van der Waals surface area contributed by atoms with Gasteiger partial charge in [0.05, 0.1) is 0 Å². The predicted octanol–water partition coefficient (Wildman–Crippen LogP) is 5.49. The molecule has 0 spiro atoms. The molecular weight excluding hydrogens is 377 g/mol. The van der Waals surface area contributed by atoms with Gasteiger partial charge in [-0.05, 0) is 73.1 Å². The number of benzene rings is 1. The standard InChI is InChI=1S/C22H23F3N4/c1-4-29-13-20(21(27-29)22(23,24)25)19-11-16(12-28-9-8-26-15(28)3)10-18-14(2)6-5-7-17(18)19/h8-11,13H,2,4-7,12H2,1,3H3. The van der Waals surface area contributed by atoms with Gasteiger partial charge in [0, 0.05) is 37.2 Å². The van der Waals surface area contributed by atoms with Gasteiger partial charge in [0.1, 0.15) is 5.82 Å². The molecule has 0 amide bonds. The molecule has 152 valence electrons. The van der Waals surface area contributed by atoms with Crippen molar-refractivity contribution in [3.05, 3.63) is 65.5 Å². The molecule has 0 unspecified atom stereocenters. The van der Waals surface area contributed by atoms with Crippen LogP contribution in [0.25, 0.3) is 16.7 Å². The first-order chi connectivity index (χ1) is 13.8. The second-order valence-electron chi connectivity index (χ2n) is 7.47. The summed E-state index contributed by atoms with van der Waals surface area (Å²) in [5, 5.41) is 3.82. The van der Waals surface area contributed by atoms with E-state index < -0.39 is 11.9 Å². The molecular formula is C22H23F3N4. The number of nitrogens with zero attached hydrogens (tertiary/aromatic N) is 4.